The zero-order chi connectivity index (χ0) is 18.2. The molecule has 0 radical (unpaired) electrons. The van der Waals surface area contributed by atoms with Gasteiger partial charge < -0.3 is 15.5 Å². The molecule has 27 heavy (non-hydrogen) atoms. The number of hydrogen-bond acceptors (Lipinski definition) is 2. The predicted molar refractivity (Wildman–Crippen MR) is 126 cm³/mol. The molecule has 0 aliphatic carbocycles. The molecule has 0 unspecified atom stereocenters. The first kappa shape index (κ1) is 21.3. The summed E-state index contributed by atoms with van der Waals surface area (Å²) in [6.45, 7) is 8.50. The average Bonchev–Trinajstić information content (AvgIpc) is 3.19. The van der Waals surface area contributed by atoms with E-state index in [9.17, 15) is 0 Å². The Kier molecular flexibility index (Phi) is 8.64. The van der Waals surface area contributed by atoms with E-state index in [1.54, 1.807) is 0 Å². The zero-order valence-electron chi connectivity index (χ0n) is 16.1. The van der Waals surface area contributed by atoms with Crippen LogP contribution in [0.1, 0.15) is 23.6 Å². The van der Waals surface area contributed by atoms with Crippen LogP contribution in [0.15, 0.2) is 65.7 Å². The topological polar surface area (TPSA) is 39.7 Å². The van der Waals surface area contributed by atoms with Crippen molar-refractivity contribution in [1.29, 1.82) is 0 Å². The third kappa shape index (κ3) is 6.57. The predicted octanol–water partition coefficient (Wildman–Crippen LogP) is 4.24. The molecule has 0 saturated carbocycles. The first-order chi connectivity index (χ1) is 12.7. The number of nitrogens with one attached hydrogen (secondary N) is 2. The molecular formula is C22H29IN4. The molecule has 0 amide bonds. The van der Waals surface area contributed by atoms with E-state index in [1.165, 1.54) is 22.4 Å². The van der Waals surface area contributed by atoms with Crippen molar-refractivity contribution in [3.05, 3.63) is 77.4 Å². The second-order valence-corrected chi connectivity index (χ2v) is 6.58. The summed E-state index contributed by atoms with van der Waals surface area (Å²) < 4.78 is 0. The van der Waals surface area contributed by atoms with E-state index in [-0.39, 0.29) is 24.0 Å². The molecule has 0 saturated heterocycles. The number of halogens is 1. The van der Waals surface area contributed by atoms with E-state index >= 15 is 0 Å². The van der Waals surface area contributed by atoms with Crippen molar-refractivity contribution >= 4 is 35.6 Å². The standard InChI is InChI=1S/C22H28N4.HI/c1-3-23-22(25-17-20-8-6-7-18(2)15-20)24-16-19-9-11-21(12-10-19)26-13-4-5-14-26;/h4-12,15H,3,13-14,16-17H2,1-2H3,(H2,23,24,25);1H. The maximum absolute atomic E-state index is 4.70. The van der Waals surface area contributed by atoms with Gasteiger partial charge in [0.2, 0.25) is 0 Å². The molecular weight excluding hydrogens is 447 g/mol. The van der Waals surface area contributed by atoms with Crippen molar-refractivity contribution in [2.75, 3.05) is 24.5 Å². The van der Waals surface area contributed by atoms with Gasteiger partial charge in [0.05, 0.1) is 6.54 Å². The molecule has 4 nitrogen and oxygen atoms in total. The molecule has 0 bridgehead atoms. The highest BCUT2D eigenvalue weighted by Gasteiger charge is 2.07. The van der Waals surface area contributed by atoms with Crippen molar-refractivity contribution < 1.29 is 0 Å². The number of aliphatic imine (C=N–C) groups is 1. The molecule has 0 atom stereocenters. The molecule has 2 aromatic carbocycles. The number of guanidine groups is 1. The minimum Gasteiger partial charge on any atom is -0.364 e. The summed E-state index contributed by atoms with van der Waals surface area (Å²) in [5.74, 6) is 0.849. The minimum absolute atomic E-state index is 0. The van der Waals surface area contributed by atoms with Gasteiger partial charge >= 0.3 is 0 Å². The second kappa shape index (κ2) is 11.0. The lowest BCUT2D eigenvalue weighted by Crippen LogP contribution is -2.36. The van der Waals surface area contributed by atoms with Gasteiger partial charge in [-0.25, -0.2) is 4.99 Å². The van der Waals surface area contributed by atoms with Crippen LogP contribution in [0.4, 0.5) is 5.69 Å². The first-order valence-corrected chi connectivity index (χ1v) is 9.31. The maximum atomic E-state index is 4.70. The first-order valence-electron chi connectivity index (χ1n) is 9.31. The Labute approximate surface area is 179 Å². The van der Waals surface area contributed by atoms with Crippen LogP contribution in [0.25, 0.3) is 0 Å². The highest BCUT2D eigenvalue weighted by atomic mass is 127. The molecule has 144 valence electrons. The van der Waals surface area contributed by atoms with Crippen LogP contribution in [0.5, 0.6) is 0 Å². The van der Waals surface area contributed by atoms with E-state index < -0.39 is 0 Å². The summed E-state index contributed by atoms with van der Waals surface area (Å²) in [6, 6.07) is 17.2. The van der Waals surface area contributed by atoms with Crippen molar-refractivity contribution in [3.8, 4) is 0 Å². The molecule has 1 aliphatic heterocycles. The average molecular weight is 476 g/mol. The SMILES string of the molecule is CCNC(=NCc1cccc(C)c1)NCc1ccc(N2CC=CC2)cc1.I. The van der Waals surface area contributed by atoms with Gasteiger partial charge in [0.15, 0.2) is 5.96 Å². The third-order valence-corrected chi connectivity index (χ3v) is 4.43. The lowest BCUT2D eigenvalue weighted by Gasteiger charge is -2.18. The number of rotatable bonds is 6. The van der Waals surface area contributed by atoms with Gasteiger partial charge in [-0.15, -0.1) is 24.0 Å². The minimum atomic E-state index is 0. The monoisotopic (exact) mass is 476 g/mol. The second-order valence-electron chi connectivity index (χ2n) is 6.58. The van der Waals surface area contributed by atoms with Crippen molar-refractivity contribution in [2.45, 2.75) is 26.9 Å². The fraction of sp³-hybridized carbons (Fsp3) is 0.318. The van der Waals surface area contributed by atoms with Crippen LogP contribution in [0.3, 0.4) is 0 Å². The zero-order valence-corrected chi connectivity index (χ0v) is 18.4. The van der Waals surface area contributed by atoms with Gasteiger partial charge in [-0.05, 0) is 37.1 Å². The van der Waals surface area contributed by atoms with Crippen molar-refractivity contribution in [1.82, 2.24) is 10.6 Å². The Bertz CT molecular complexity index is 760. The van der Waals surface area contributed by atoms with Crippen LogP contribution in [0.2, 0.25) is 0 Å². The highest BCUT2D eigenvalue weighted by Crippen LogP contribution is 2.17. The lowest BCUT2D eigenvalue weighted by atomic mass is 10.1. The summed E-state index contributed by atoms with van der Waals surface area (Å²) in [5, 5.41) is 6.74. The summed E-state index contributed by atoms with van der Waals surface area (Å²) in [7, 11) is 0. The Balaban J connectivity index is 0.00000261. The largest absolute Gasteiger partial charge is 0.364 e. The van der Waals surface area contributed by atoms with E-state index in [1.807, 2.05) is 0 Å². The molecule has 1 aliphatic rings. The molecule has 2 N–H and O–H groups in total. The number of benzene rings is 2. The van der Waals surface area contributed by atoms with E-state index in [2.05, 4.69) is 90.1 Å². The summed E-state index contributed by atoms with van der Waals surface area (Å²) in [5.41, 5.74) is 5.02. The Morgan fingerprint density at radius 3 is 2.41 bits per heavy atom. The summed E-state index contributed by atoms with van der Waals surface area (Å²) in [6.07, 6.45) is 4.42. The van der Waals surface area contributed by atoms with E-state index in [0.717, 1.165) is 32.1 Å². The molecule has 0 fully saturated rings. The fourth-order valence-electron chi connectivity index (χ4n) is 3.02. The fourth-order valence-corrected chi connectivity index (χ4v) is 3.02. The quantitative estimate of drug-likeness (QED) is 0.284. The maximum Gasteiger partial charge on any atom is 0.191 e. The number of hydrogen-bond donors (Lipinski definition) is 2. The van der Waals surface area contributed by atoms with Gasteiger partial charge in [-0.1, -0.05) is 54.1 Å². The summed E-state index contributed by atoms with van der Waals surface area (Å²) in [4.78, 5) is 7.05. The third-order valence-electron chi connectivity index (χ3n) is 4.43. The van der Waals surface area contributed by atoms with Gasteiger partial charge in [0.25, 0.3) is 0 Å². The normalized spacial score (nSPS) is 13.4. The van der Waals surface area contributed by atoms with Crippen molar-refractivity contribution in [2.24, 2.45) is 4.99 Å². The van der Waals surface area contributed by atoms with Crippen LogP contribution < -0.4 is 15.5 Å². The van der Waals surface area contributed by atoms with E-state index in [0.29, 0.717) is 6.54 Å². The van der Waals surface area contributed by atoms with Gasteiger partial charge in [0.1, 0.15) is 0 Å². The number of nitrogens with zero attached hydrogens (tertiary/aromatic N) is 2. The molecule has 1 heterocycles. The molecule has 5 heteroatoms. The Morgan fingerprint density at radius 2 is 1.74 bits per heavy atom. The lowest BCUT2D eigenvalue weighted by molar-refractivity contribution is 0.816. The smallest absolute Gasteiger partial charge is 0.191 e. The van der Waals surface area contributed by atoms with E-state index in [4.69, 9.17) is 4.99 Å². The Morgan fingerprint density at radius 1 is 1.00 bits per heavy atom. The van der Waals surface area contributed by atoms with Crippen molar-refractivity contribution in [3.63, 3.8) is 0 Å². The molecule has 2 aromatic rings. The molecule has 0 spiro atoms. The number of anilines is 1. The Hall–Kier alpha value is -2.02. The van der Waals surface area contributed by atoms with Crippen LogP contribution >= 0.6 is 24.0 Å². The highest BCUT2D eigenvalue weighted by molar-refractivity contribution is 14.0. The van der Waals surface area contributed by atoms with Gasteiger partial charge in [-0.3, -0.25) is 0 Å². The van der Waals surface area contributed by atoms with Crippen LogP contribution in [0, 0.1) is 6.92 Å². The molecule has 3 rings (SSSR count). The summed E-state index contributed by atoms with van der Waals surface area (Å²) >= 11 is 0. The van der Waals surface area contributed by atoms with Crippen LogP contribution in [-0.4, -0.2) is 25.6 Å². The van der Waals surface area contributed by atoms with Gasteiger partial charge in [-0.2, -0.15) is 0 Å². The van der Waals surface area contributed by atoms with Gasteiger partial charge in [0, 0.05) is 31.9 Å². The van der Waals surface area contributed by atoms with Crippen LogP contribution in [-0.2, 0) is 13.1 Å². The molecule has 0 aromatic heterocycles. The number of aryl methyl sites for hydroxylation is 1.